The van der Waals surface area contributed by atoms with Crippen molar-refractivity contribution in [3.63, 3.8) is 0 Å². The van der Waals surface area contributed by atoms with Crippen molar-refractivity contribution in [1.29, 1.82) is 0 Å². The van der Waals surface area contributed by atoms with Gasteiger partial charge in [0.2, 0.25) is 5.91 Å². The van der Waals surface area contributed by atoms with Crippen LogP contribution in [0.1, 0.15) is 24.8 Å². The van der Waals surface area contributed by atoms with Crippen molar-refractivity contribution in [3.05, 3.63) is 30.1 Å². The van der Waals surface area contributed by atoms with Gasteiger partial charge in [-0.3, -0.25) is 9.78 Å². The quantitative estimate of drug-likeness (QED) is 0.794. The molecule has 3 atom stereocenters. The van der Waals surface area contributed by atoms with E-state index in [1.165, 1.54) is 5.56 Å². The molecule has 1 saturated carbocycles. The molecule has 2 rings (SSSR count). The van der Waals surface area contributed by atoms with E-state index in [9.17, 15) is 4.79 Å². The third-order valence-corrected chi connectivity index (χ3v) is 2.79. The van der Waals surface area contributed by atoms with Crippen LogP contribution in [0.3, 0.4) is 0 Å². The van der Waals surface area contributed by atoms with E-state index < -0.39 is 5.38 Å². The van der Waals surface area contributed by atoms with Crippen LogP contribution in [0.5, 0.6) is 0 Å². The number of nitrogens with zero attached hydrogens (tertiary/aromatic N) is 1. The van der Waals surface area contributed by atoms with Crippen molar-refractivity contribution < 1.29 is 4.79 Å². The monoisotopic (exact) mass is 224 g/mol. The standard InChI is InChI=1S/C11H13ClN2O/c1-7(12)11(15)14-10-5-9(10)8-3-2-4-13-6-8/h2-4,6-7,9-10H,5H2,1H3,(H,14,15)/t7?,9-,10+/m0/s1. The van der Waals surface area contributed by atoms with Crippen molar-refractivity contribution in [1.82, 2.24) is 10.3 Å². The summed E-state index contributed by atoms with van der Waals surface area (Å²) in [5.74, 6) is 0.325. The zero-order valence-electron chi connectivity index (χ0n) is 8.48. The molecule has 1 fully saturated rings. The fourth-order valence-electron chi connectivity index (χ4n) is 1.62. The first-order valence-electron chi connectivity index (χ1n) is 5.03. The van der Waals surface area contributed by atoms with Crippen LogP contribution < -0.4 is 5.32 Å². The maximum atomic E-state index is 11.3. The molecule has 1 aromatic heterocycles. The normalized spacial score (nSPS) is 25.7. The lowest BCUT2D eigenvalue weighted by molar-refractivity contribution is -0.120. The van der Waals surface area contributed by atoms with Gasteiger partial charge in [0.05, 0.1) is 0 Å². The van der Waals surface area contributed by atoms with Gasteiger partial charge in [0, 0.05) is 24.4 Å². The van der Waals surface area contributed by atoms with Crippen LogP contribution >= 0.6 is 11.6 Å². The zero-order chi connectivity index (χ0) is 10.8. The molecule has 1 aliphatic carbocycles. The minimum absolute atomic E-state index is 0.0898. The van der Waals surface area contributed by atoms with Crippen LogP contribution in [0.15, 0.2) is 24.5 Å². The van der Waals surface area contributed by atoms with Crippen LogP contribution in [0, 0.1) is 0 Å². The molecule has 0 bridgehead atoms. The second kappa shape index (κ2) is 4.19. The van der Waals surface area contributed by atoms with Crippen molar-refractivity contribution in [3.8, 4) is 0 Å². The number of rotatable bonds is 3. The largest absolute Gasteiger partial charge is 0.351 e. The molecule has 0 spiro atoms. The number of halogens is 1. The molecule has 0 aliphatic heterocycles. The molecular weight excluding hydrogens is 212 g/mol. The van der Waals surface area contributed by atoms with E-state index >= 15 is 0 Å². The van der Waals surface area contributed by atoms with Crippen LogP contribution in [0.4, 0.5) is 0 Å². The Labute approximate surface area is 93.8 Å². The zero-order valence-corrected chi connectivity index (χ0v) is 9.24. The van der Waals surface area contributed by atoms with Crippen LogP contribution in [-0.2, 0) is 4.79 Å². The Morgan fingerprint density at radius 3 is 3.13 bits per heavy atom. The van der Waals surface area contributed by atoms with Gasteiger partial charge < -0.3 is 5.32 Å². The number of hydrogen-bond donors (Lipinski definition) is 1. The van der Waals surface area contributed by atoms with Crippen LogP contribution in [0.2, 0.25) is 0 Å². The van der Waals surface area contributed by atoms with Gasteiger partial charge in [-0.25, -0.2) is 0 Å². The summed E-state index contributed by atoms with van der Waals surface area (Å²) >= 11 is 5.67. The summed E-state index contributed by atoms with van der Waals surface area (Å²) in [5, 5.41) is 2.45. The molecule has 0 aromatic carbocycles. The second-order valence-electron chi connectivity index (χ2n) is 3.86. The van der Waals surface area contributed by atoms with Gasteiger partial charge in [-0.2, -0.15) is 0 Å². The summed E-state index contributed by atoms with van der Waals surface area (Å²) in [6.07, 6.45) is 4.59. The van der Waals surface area contributed by atoms with Gasteiger partial charge in [-0.05, 0) is 25.0 Å². The van der Waals surface area contributed by atoms with Gasteiger partial charge in [-0.15, -0.1) is 11.6 Å². The van der Waals surface area contributed by atoms with Gasteiger partial charge >= 0.3 is 0 Å². The maximum Gasteiger partial charge on any atom is 0.238 e. The van der Waals surface area contributed by atoms with E-state index in [1.807, 2.05) is 18.3 Å². The Morgan fingerprint density at radius 2 is 2.53 bits per heavy atom. The molecule has 3 nitrogen and oxygen atoms in total. The first-order valence-corrected chi connectivity index (χ1v) is 5.46. The number of carbonyl (C=O) groups is 1. The Kier molecular flexibility index (Phi) is 2.91. The first kappa shape index (κ1) is 10.4. The van der Waals surface area contributed by atoms with Gasteiger partial charge in [-0.1, -0.05) is 6.07 Å². The molecule has 15 heavy (non-hydrogen) atoms. The van der Waals surface area contributed by atoms with E-state index in [1.54, 1.807) is 13.1 Å². The highest BCUT2D eigenvalue weighted by atomic mass is 35.5. The SMILES string of the molecule is CC(Cl)C(=O)N[C@@H]1C[C@H]1c1cccnc1. The van der Waals surface area contributed by atoms with Gasteiger partial charge in [0.1, 0.15) is 5.38 Å². The Morgan fingerprint density at radius 1 is 1.73 bits per heavy atom. The van der Waals surface area contributed by atoms with E-state index in [2.05, 4.69) is 10.3 Å². The second-order valence-corrected chi connectivity index (χ2v) is 4.51. The molecule has 0 radical (unpaired) electrons. The molecule has 1 aliphatic rings. The highest BCUT2D eigenvalue weighted by molar-refractivity contribution is 6.30. The third-order valence-electron chi connectivity index (χ3n) is 2.59. The Bertz CT molecular complexity index is 353. The predicted molar refractivity (Wildman–Crippen MR) is 58.8 cm³/mol. The summed E-state index contributed by atoms with van der Waals surface area (Å²) in [5.41, 5.74) is 1.19. The number of hydrogen-bond acceptors (Lipinski definition) is 2. The Hall–Kier alpha value is -1.09. The van der Waals surface area contributed by atoms with Crippen LogP contribution in [-0.4, -0.2) is 22.3 Å². The van der Waals surface area contributed by atoms with Crippen molar-refractivity contribution in [2.24, 2.45) is 0 Å². The average Bonchev–Trinajstić information content (AvgIpc) is 2.98. The van der Waals surface area contributed by atoms with E-state index in [-0.39, 0.29) is 11.9 Å². The minimum Gasteiger partial charge on any atom is -0.351 e. The first-order chi connectivity index (χ1) is 7.18. The van der Waals surface area contributed by atoms with E-state index in [0.29, 0.717) is 5.92 Å². The lowest BCUT2D eigenvalue weighted by Crippen LogP contribution is -2.32. The third kappa shape index (κ3) is 2.48. The fraction of sp³-hybridized carbons (Fsp3) is 0.455. The number of pyridine rings is 1. The van der Waals surface area contributed by atoms with Crippen LogP contribution in [0.25, 0.3) is 0 Å². The molecule has 1 unspecified atom stereocenters. The lowest BCUT2D eigenvalue weighted by atomic mass is 10.2. The van der Waals surface area contributed by atoms with Crippen molar-refractivity contribution in [2.75, 3.05) is 0 Å². The smallest absolute Gasteiger partial charge is 0.238 e. The highest BCUT2D eigenvalue weighted by Crippen LogP contribution is 2.40. The number of alkyl halides is 1. The summed E-state index contributed by atoms with van der Waals surface area (Å²) in [7, 11) is 0. The maximum absolute atomic E-state index is 11.3. The van der Waals surface area contributed by atoms with Crippen molar-refractivity contribution >= 4 is 17.5 Å². The van der Waals surface area contributed by atoms with Gasteiger partial charge in [0.25, 0.3) is 0 Å². The number of aromatic nitrogens is 1. The summed E-state index contributed by atoms with van der Waals surface area (Å²) < 4.78 is 0. The van der Waals surface area contributed by atoms with Gasteiger partial charge in [0.15, 0.2) is 0 Å². The average molecular weight is 225 g/mol. The lowest BCUT2D eigenvalue weighted by Gasteiger charge is -2.05. The predicted octanol–water partition coefficient (Wildman–Crippen LogP) is 1.68. The summed E-state index contributed by atoms with van der Waals surface area (Å²) in [6, 6.07) is 4.19. The summed E-state index contributed by atoms with van der Waals surface area (Å²) in [6.45, 7) is 1.68. The van der Waals surface area contributed by atoms with E-state index in [0.717, 1.165) is 6.42 Å². The topological polar surface area (TPSA) is 42.0 Å². The van der Waals surface area contributed by atoms with Crippen molar-refractivity contribution in [2.45, 2.75) is 30.7 Å². The molecule has 1 N–H and O–H groups in total. The molecular formula is C11H13ClN2O. The number of nitrogens with one attached hydrogen (secondary N) is 1. The molecule has 80 valence electrons. The highest BCUT2D eigenvalue weighted by Gasteiger charge is 2.39. The molecule has 1 amide bonds. The molecule has 1 aromatic rings. The van der Waals surface area contributed by atoms with E-state index in [4.69, 9.17) is 11.6 Å². The number of amides is 1. The fourth-order valence-corrected chi connectivity index (χ4v) is 1.68. The Balaban J connectivity index is 1.89. The minimum atomic E-state index is -0.458. The molecule has 1 heterocycles. The number of carbonyl (C=O) groups excluding carboxylic acids is 1. The summed E-state index contributed by atoms with van der Waals surface area (Å²) in [4.78, 5) is 15.4. The molecule has 4 heteroatoms. The molecule has 0 saturated heterocycles.